The van der Waals surface area contributed by atoms with Crippen molar-refractivity contribution in [3.8, 4) is 6.07 Å². The maximum atomic E-state index is 11.8. The van der Waals surface area contributed by atoms with Crippen molar-refractivity contribution in [3.63, 3.8) is 0 Å². The summed E-state index contributed by atoms with van der Waals surface area (Å²) in [6, 6.07) is 1.65. The first-order valence-corrected chi connectivity index (χ1v) is 5.35. The molecular formula is C9H12NO3P. The third kappa shape index (κ3) is 3.71. The minimum Gasteiger partial charge on any atom is -0.301 e. The van der Waals surface area contributed by atoms with Crippen LogP contribution in [0.5, 0.6) is 0 Å². The van der Waals surface area contributed by atoms with Gasteiger partial charge in [-0.3, -0.25) is 4.57 Å². The van der Waals surface area contributed by atoms with Crippen LogP contribution >= 0.6 is 7.60 Å². The van der Waals surface area contributed by atoms with E-state index in [1.807, 2.05) is 0 Å². The highest BCUT2D eigenvalue weighted by molar-refractivity contribution is 7.58. The van der Waals surface area contributed by atoms with E-state index < -0.39 is 7.60 Å². The molecule has 0 aliphatic rings. The Morgan fingerprint density at radius 3 is 2.07 bits per heavy atom. The van der Waals surface area contributed by atoms with Crippen molar-refractivity contribution < 1.29 is 13.6 Å². The molecule has 0 aromatic carbocycles. The van der Waals surface area contributed by atoms with Crippen molar-refractivity contribution in [3.05, 3.63) is 37.2 Å². The van der Waals surface area contributed by atoms with E-state index in [1.165, 1.54) is 12.2 Å². The molecule has 0 amide bonds. The van der Waals surface area contributed by atoms with Crippen LogP contribution in [0.25, 0.3) is 0 Å². The monoisotopic (exact) mass is 213 g/mol. The van der Waals surface area contributed by atoms with Crippen molar-refractivity contribution in [2.24, 2.45) is 0 Å². The molecule has 0 aliphatic carbocycles. The molecule has 0 saturated heterocycles. The Morgan fingerprint density at radius 1 is 1.36 bits per heavy atom. The maximum Gasteiger partial charge on any atom is 0.371 e. The predicted octanol–water partition coefficient (Wildman–Crippen LogP) is 2.62. The van der Waals surface area contributed by atoms with Crippen LogP contribution < -0.4 is 0 Å². The van der Waals surface area contributed by atoms with Crippen molar-refractivity contribution in [1.82, 2.24) is 0 Å². The lowest BCUT2D eigenvalue weighted by Crippen LogP contribution is -1.97. The molecule has 0 fully saturated rings. The summed E-state index contributed by atoms with van der Waals surface area (Å²) in [6.45, 7) is 10.2. The predicted molar refractivity (Wildman–Crippen MR) is 54.7 cm³/mol. The fourth-order valence-electron chi connectivity index (χ4n) is 0.556. The highest BCUT2D eigenvalue weighted by Crippen LogP contribution is 2.54. The van der Waals surface area contributed by atoms with E-state index in [9.17, 15) is 4.57 Å². The SMILES string of the molecule is C=CCOP(=O)(OCC=C)C(=C)C#N. The van der Waals surface area contributed by atoms with Crippen LogP contribution in [0.2, 0.25) is 0 Å². The van der Waals surface area contributed by atoms with Crippen molar-refractivity contribution in [2.45, 2.75) is 0 Å². The van der Waals surface area contributed by atoms with E-state index in [4.69, 9.17) is 14.3 Å². The molecule has 0 radical (unpaired) electrons. The van der Waals surface area contributed by atoms with Crippen molar-refractivity contribution in [2.75, 3.05) is 13.2 Å². The first-order valence-electron chi connectivity index (χ1n) is 3.81. The topological polar surface area (TPSA) is 59.3 Å². The van der Waals surface area contributed by atoms with Gasteiger partial charge in [0.25, 0.3) is 0 Å². The minimum absolute atomic E-state index is 0.0368. The molecule has 0 N–H and O–H groups in total. The summed E-state index contributed by atoms with van der Waals surface area (Å²) in [5.74, 6) is 0. The Bertz CT molecular complexity index is 301. The van der Waals surface area contributed by atoms with Crippen molar-refractivity contribution in [1.29, 1.82) is 5.26 Å². The number of rotatable bonds is 7. The maximum absolute atomic E-state index is 11.8. The fourth-order valence-corrected chi connectivity index (χ4v) is 1.67. The fraction of sp³-hybridized carbons (Fsp3) is 0.222. The average molecular weight is 213 g/mol. The molecule has 0 rings (SSSR count). The van der Waals surface area contributed by atoms with E-state index >= 15 is 0 Å². The number of hydrogen-bond acceptors (Lipinski definition) is 4. The molecule has 0 bridgehead atoms. The number of hydrogen-bond donors (Lipinski definition) is 0. The summed E-state index contributed by atoms with van der Waals surface area (Å²) in [7, 11) is -3.54. The van der Waals surface area contributed by atoms with Gasteiger partial charge in [0.1, 0.15) is 11.4 Å². The largest absolute Gasteiger partial charge is 0.371 e. The van der Waals surface area contributed by atoms with Crippen LogP contribution in [-0.4, -0.2) is 13.2 Å². The van der Waals surface area contributed by atoms with Gasteiger partial charge in [0, 0.05) is 0 Å². The number of nitrogens with zero attached hydrogens (tertiary/aromatic N) is 1. The van der Waals surface area contributed by atoms with E-state index in [2.05, 4.69) is 19.7 Å². The van der Waals surface area contributed by atoms with Crippen LogP contribution in [0.3, 0.4) is 0 Å². The normalized spacial score (nSPS) is 10.2. The van der Waals surface area contributed by atoms with Gasteiger partial charge in [-0.1, -0.05) is 18.7 Å². The molecule has 0 heterocycles. The zero-order chi connectivity index (χ0) is 11.0. The molecule has 0 aromatic heterocycles. The van der Waals surface area contributed by atoms with E-state index in [-0.39, 0.29) is 18.5 Å². The summed E-state index contributed by atoms with van der Waals surface area (Å²) in [5, 5.41) is 8.31. The smallest absolute Gasteiger partial charge is 0.301 e. The quantitative estimate of drug-likeness (QED) is 0.370. The van der Waals surface area contributed by atoms with Crippen LogP contribution in [0, 0.1) is 11.3 Å². The van der Waals surface area contributed by atoms with Gasteiger partial charge < -0.3 is 9.05 Å². The summed E-state index contributed by atoms with van der Waals surface area (Å²) < 4.78 is 21.6. The van der Waals surface area contributed by atoms with Crippen molar-refractivity contribution >= 4 is 7.60 Å². The Hall–Kier alpha value is -1.14. The molecule has 0 spiro atoms. The molecule has 76 valence electrons. The van der Waals surface area contributed by atoms with Crippen LogP contribution in [0.15, 0.2) is 37.2 Å². The molecule has 0 aromatic rings. The zero-order valence-electron chi connectivity index (χ0n) is 7.81. The second-order valence-electron chi connectivity index (χ2n) is 2.22. The summed E-state index contributed by atoms with van der Waals surface area (Å²) in [6.07, 6.45) is 2.82. The molecule has 0 aliphatic heterocycles. The van der Waals surface area contributed by atoms with Crippen LogP contribution in [0.1, 0.15) is 0 Å². The molecule has 14 heavy (non-hydrogen) atoms. The van der Waals surface area contributed by atoms with Gasteiger partial charge in [-0.05, 0) is 0 Å². The first kappa shape index (κ1) is 12.9. The van der Waals surface area contributed by atoms with E-state index in [1.54, 1.807) is 6.07 Å². The second kappa shape index (κ2) is 6.33. The zero-order valence-corrected chi connectivity index (χ0v) is 8.70. The van der Waals surface area contributed by atoms with Gasteiger partial charge in [-0.15, -0.1) is 13.2 Å². The lowest BCUT2D eigenvalue weighted by molar-refractivity contribution is 0.244. The van der Waals surface area contributed by atoms with Gasteiger partial charge in [0.05, 0.1) is 13.2 Å². The third-order valence-corrected chi connectivity index (χ3v) is 2.92. The summed E-state index contributed by atoms with van der Waals surface area (Å²) in [4.78, 5) is 0. The minimum atomic E-state index is -3.54. The van der Waals surface area contributed by atoms with E-state index in [0.29, 0.717) is 0 Å². The molecular weight excluding hydrogens is 201 g/mol. The standard InChI is InChI=1S/C9H12NO3P/c1-4-6-12-14(11,9(3)8-10)13-7-5-2/h4-5H,1-3,6-7H2. The summed E-state index contributed by atoms with van der Waals surface area (Å²) in [5.41, 5.74) is 0. The van der Waals surface area contributed by atoms with Crippen LogP contribution in [0.4, 0.5) is 0 Å². The Morgan fingerprint density at radius 2 is 1.79 bits per heavy atom. The van der Waals surface area contributed by atoms with Gasteiger partial charge >= 0.3 is 7.60 Å². The molecule has 5 heteroatoms. The second-order valence-corrected chi connectivity index (χ2v) is 4.28. The Labute approximate surface area is 83.7 Å². The van der Waals surface area contributed by atoms with Crippen LogP contribution in [-0.2, 0) is 13.6 Å². The third-order valence-electron chi connectivity index (χ3n) is 1.18. The van der Waals surface area contributed by atoms with Gasteiger partial charge in [-0.2, -0.15) is 5.26 Å². The number of nitriles is 1. The highest BCUT2D eigenvalue weighted by Gasteiger charge is 2.28. The van der Waals surface area contributed by atoms with Gasteiger partial charge in [-0.25, -0.2) is 0 Å². The lowest BCUT2D eigenvalue weighted by atomic mass is 10.7. The Kier molecular flexibility index (Phi) is 5.82. The van der Waals surface area contributed by atoms with E-state index in [0.717, 1.165) is 0 Å². The molecule has 4 nitrogen and oxygen atoms in total. The van der Waals surface area contributed by atoms with Gasteiger partial charge in [0.15, 0.2) is 0 Å². The number of allylic oxidation sites excluding steroid dienone is 1. The summed E-state index contributed by atoms with van der Waals surface area (Å²) >= 11 is 0. The van der Waals surface area contributed by atoms with Gasteiger partial charge in [0.2, 0.25) is 0 Å². The molecule has 0 unspecified atom stereocenters. The molecule has 0 atom stereocenters. The Balaban J connectivity index is 4.58. The highest BCUT2D eigenvalue weighted by atomic mass is 31.2. The molecule has 0 saturated carbocycles. The lowest BCUT2D eigenvalue weighted by Gasteiger charge is -2.14. The first-order chi connectivity index (χ1) is 6.60. The average Bonchev–Trinajstić information content (AvgIpc) is 2.22.